The molecule has 142 valence electrons. The van der Waals surface area contributed by atoms with E-state index in [4.69, 9.17) is 21.2 Å². The third-order valence-electron chi connectivity index (χ3n) is 4.24. The minimum Gasteiger partial charge on any atom is -0.390 e. The largest absolute Gasteiger partial charge is 0.390 e. The standard InChI is InChI=1S/C20H20ClFN2O3/c1-26-13-20(25)24(11-14-2-8-17(22)9-3-14)12-18-10-19(23-27-18)15-4-6-16(21)7-5-15/h2-9,18H,10-13H2,1H3/t18-/m0/s1. The molecule has 0 radical (unpaired) electrons. The minimum atomic E-state index is -0.311. The van der Waals surface area contributed by atoms with Gasteiger partial charge in [-0.15, -0.1) is 0 Å². The second-order valence-corrected chi connectivity index (χ2v) is 6.75. The van der Waals surface area contributed by atoms with Gasteiger partial charge in [0.05, 0.1) is 12.3 Å². The molecule has 1 amide bonds. The van der Waals surface area contributed by atoms with Crippen LogP contribution in [-0.2, 0) is 20.9 Å². The monoisotopic (exact) mass is 390 g/mol. The smallest absolute Gasteiger partial charge is 0.248 e. The molecule has 0 saturated heterocycles. The molecular formula is C20H20ClFN2O3. The fraction of sp³-hybridized carbons (Fsp3) is 0.300. The summed E-state index contributed by atoms with van der Waals surface area (Å²) < 4.78 is 18.1. The first kappa shape index (κ1) is 19.3. The summed E-state index contributed by atoms with van der Waals surface area (Å²) in [5.41, 5.74) is 2.59. The van der Waals surface area contributed by atoms with E-state index in [-0.39, 0.29) is 24.4 Å². The molecule has 1 heterocycles. The number of rotatable bonds is 7. The fourth-order valence-electron chi connectivity index (χ4n) is 2.86. The highest BCUT2D eigenvalue weighted by molar-refractivity contribution is 6.30. The molecule has 1 aliphatic heterocycles. The maximum absolute atomic E-state index is 13.1. The van der Waals surface area contributed by atoms with E-state index in [0.29, 0.717) is 24.5 Å². The van der Waals surface area contributed by atoms with E-state index >= 15 is 0 Å². The van der Waals surface area contributed by atoms with Gasteiger partial charge in [-0.25, -0.2) is 4.39 Å². The number of carbonyl (C=O) groups is 1. The summed E-state index contributed by atoms with van der Waals surface area (Å²) in [5.74, 6) is -0.473. The van der Waals surface area contributed by atoms with Crippen molar-refractivity contribution in [2.45, 2.75) is 19.1 Å². The quantitative estimate of drug-likeness (QED) is 0.725. The van der Waals surface area contributed by atoms with Crippen LogP contribution in [0.3, 0.4) is 0 Å². The summed E-state index contributed by atoms with van der Waals surface area (Å²) in [5, 5.41) is 4.81. The molecule has 0 unspecified atom stereocenters. The van der Waals surface area contributed by atoms with Crippen molar-refractivity contribution in [2.75, 3.05) is 20.3 Å². The van der Waals surface area contributed by atoms with Crippen LogP contribution >= 0.6 is 11.6 Å². The average molecular weight is 391 g/mol. The topological polar surface area (TPSA) is 51.1 Å². The maximum atomic E-state index is 13.1. The van der Waals surface area contributed by atoms with E-state index < -0.39 is 0 Å². The molecule has 1 atom stereocenters. The van der Waals surface area contributed by atoms with Gasteiger partial charge < -0.3 is 14.5 Å². The predicted molar refractivity (Wildman–Crippen MR) is 101 cm³/mol. The molecular weight excluding hydrogens is 371 g/mol. The molecule has 0 spiro atoms. The van der Waals surface area contributed by atoms with E-state index in [1.54, 1.807) is 29.2 Å². The Morgan fingerprint density at radius 1 is 1.26 bits per heavy atom. The van der Waals surface area contributed by atoms with Gasteiger partial charge in [-0.1, -0.05) is 41.0 Å². The highest BCUT2D eigenvalue weighted by Gasteiger charge is 2.26. The van der Waals surface area contributed by atoms with Crippen LogP contribution in [0.25, 0.3) is 0 Å². The summed E-state index contributed by atoms with van der Waals surface area (Å²) in [7, 11) is 1.47. The van der Waals surface area contributed by atoms with Crippen LogP contribution in [0.2, 0.25) is 5.02 Å². The zero-order valence-electron chi connectivity index (χ0n) is 14.9. The van der Waals surface area contributed by atoms with Crippen LogP contribution in [0.1, 0.15) is 17.5 Å². The molecule has 0 saturated carbocycles. The van der Waals surface area contributed by atoms with Crippen LogP contribution in [0.15, 0.2) is 53.7 Å². The molecule has 0 bridgehead atoms. The maximum Gasteiger partial charge on any atom is 0.248 e. The zero-order chi connectivity index (χ0) is 19.2. The van der Waals surface area contributed by atoms with Crippen molar-refractivity contribution in [1.29, 1.82) is 0 Å². The van der Waals surface area contributed by atoms with Crippen LogP contribution in [0, 0.1) is 5.82 Å². The fourth-order valence-corrected chi connectivity index (χ4v) is 2.99. The van der Waals surface area contributed by atoms with E-state index in [1.165, 1.54) is 19.2 Å². The van der Waals surface area contributed by atoms with Crippen molar-refractivity contribution < 1.29 is 18.8 Å². The van der Waals surface area contributed by atoms with Gasteiger partial charge in [-0.2, -0.15) is 0 Å². The lowest BCUT2D eigenvalue weighted by molar-refractivity contribution is -0.137. The van der Waals surface area contributed by atoms with Crippen molar-refractivity contribution in [1.82, 2.24) is 4.90 Å². The number of halogens is 2. The molecule has 0 N–H and O–H groups in total. The first-order valence-corrected chi connectivity index (χ1v) is 8.92. The van der Waals surface area contributed by atoms with E-state index in [9.17, 15) is 9.18 Å². The highest BCUT2D eigenvalue weighted by Crippen LogP contribution is 2.20. The Hall–Kier alpha value is -2.44. The summed E-state index contributed by atoms with van der Waals surface area (Å²) >= 11 is 5.92. The lowest BCUT2D eigenvalue weighted by atomic mass is 10.0. The Balaban J connectivity index is 1.64. The summed E-state index contributed by atoms with van der Waals surface area (Å²) in [6.45, 7) is 0.678. The Kier molecular flexibility index (Phi) is 6.42. The molecule has 27 heavy (non-hydrogen) atoms. The number of carbonyl (C=O) groups excluding carboxylic acids is 1. The van der Waals surface area contributed by atoms with Crippen molar-refractivity contribution in [3.8, 4) is 0 Å². The Bertz CT molecular complexity index is 809. The first-order valence-electron chi connectivity index (χ1n) is 8.55. The molecule has 5 nitrogen and oxygen atoms in total. The van der Waals surface area contributed by atoms with E-state index in [2.05, 4.69) is 5.16 Å². The van der Waals surface area contributed by atoms with Crippen LogP contribution in [0.5, 0.6) is 0 Å². The second kappa shape index (κ2) is 8.97. The molecule has 2 aromatic carbocycles. The highest BCUT2D eigenvalue weighted by atomic mass is 35.5. The van der Waals surface area contributed by atoms with E-state index in [0.717, 1.165) is 16.8 Å². The van der Waals surface area contributed by atoms with Crippen molar-refractivity contribution in [3.05, 3.63) is 70.5 Å². The van der Waals surface area contributed by atoms with Crippen molar-refractivity contribution in [3.63, 3.8) is 0 Å². The van der Waals surface area contributed by atoms with Crippen molar-refractivity contribution >= 4 is 23.2 Å². The lowest BCUT2D eigenvalue weighted by Gasteiger charge is -2.24. The van der Waals surface area contributed by atoms with E-state index in [1.807, 2.05) is 12.1 Å². The van der Waals surface area contributed by atoms with Crippen LogP contribution < -0.4 is 0 Å². The third-order valence-corrected chi connectivity index (χ3v) is 4.49. The van der Waals surface area contributed by atoms with Gasteiger partial charge in [0.25, 0.3) is 0 Å². The van der Waals surface area contributed by atoms with Gasteiger partial charge in [0, 0.05) is 25.1 Å². The van der Waals surface area contributed by atoms with Gasteiger partial charge in [-0.05, 0) is 35.4 Å². The molecule has 2 aromatic rings. The number of nitrogens with zero attached hydrogens (tertiary/aromatic N) is 2. The summed E-state index contributed by atoms with van der Waals surface area (Å²) in [6.07, 6.45) is 0.332. The lowest BCUT2D eigenvalue weighted by Crippen LogP contribution is -2.39. The van der Waals surface area contributed by atoms with Gasteiger partial charge in [-0.3, -0.25) is 4.79 Å². The number of methoxy groups -OCH3 is 1. The summed E-state index contributed by atoms with van der Waals surface area (Å²) in [4.78, 5) is 19.6. The third kappa shape index (κ3) is 5.28. The first-order chi connectivity index (χ1) is 13.0. The number of hydrogen-bond donors (Lipinski definition) is 0. The van der Waals surface area contributed by atoms with Gasteiger partial charge in [0.2, 0.25) is 5.91 Å². The van der Waals surface area contributed by atoms with Crippen LogP contribution in [0.4, 0.5) is 4.39 Å². The second-order valence-electron chi connectivity index (χ2n) is 6.31. The Morgan fingerprint density at radius 2 is 1.96 bits per heavy atom. The number of ether oxygens (including phenoxy) is 1. The number of oxime groups is 1. The molecule has 7 heteroatoms. The zero-order valence-corrected chi connectivity index (χ0v) is 15.7. The average Bonchev–Trinajstić information content (AvgIpc) is 3.12. The molecule has 0 aromatic heterocycles. The Labute approximate surface area is 162 Å². The number of benzene rings is 2. The normalized spacial score (nSPS) is 16.0. The molecule has 1 aliphatic rings. The minimum absolute atomic E-state index is 0.0290. The molecule has 0 aliphatic carbocycles. The van der Waals surface area contributed by atoms with Gasteiger partial charge in [0.15, 0.2) is 6.10 Å². The summed E-state index contributed by atoms with van der Waals surface area (Å²) in [6, 6.07) is 13.5. The SMILES string of the molecule is COCC(=O)N(Cc1ccc(F)cc1)C[C@@H]1CC(c2ccc(Cl)cc2)=NO1. The number of hydrogen-bond acceptors (Lipinski definition) is 4. The molecule has 3 rings (SSSR count). The van der Waals surface area contributed by atoms with Crippen LogP contribution in [-0.4, -0.2) is 42.9 Å². The Morgan fingerprint density at radius 3 is 2.63 bits per heavy atom. The van der Waals surface area contributed by atoms with Gasteiger partial charge >= 0.3 is 0 Å². The van der Waals surface area contributed by atoms with Crippen molar-refractivity contribution in [2.24, 2.45) is 5.16 Å². The van der Waals surface area contributed by atoms with Gasteiger partial charge in [0.1, 0.15) is 12.4 Å². The number of amides is 1. The molecule has 0 fully saturated rings. The predicted octanol–water partition coefficient (Wildman–Crippen LogP) is 3.65.